The highest BCUT2D eigenvalue weighted by atomic mass is 32.2. The second-order valence-corrected chi connectivity index (χ2v) is 15.5. The molecule has 2 aromatic rings. The maximum absolute atomic E-state index is 13.8. The van der Waals surface area contributed by atoms with Crippen molar-refractivity contribution in [1.29, 1.82) is 0 Å². The van der Waals surface area contributed by atoms with E-state index in [4.69, 9.17) is 4.43 Å². The molecular weight excluding hydrogens is 447 g/mol. The Morgan fingerprint density at radius 1 is 1.10 bits per heavy atom. The minimum Gasteiger partial charge on any atom is -0.413 e. The lowest BCUT2D eigenvalue weighted by molar-refractivity contribution is -0.131. The van der Waals surface area contributed by atoms with Crippen molar-refractivity contribution in [1.82, 2.24) is 14.7 Å². The standard InChI is InChI=1S/C20H28F3N3O3SSi/c1-19(2,3)31(4,5)29-13-15-7-6-8-17(9-15)18(20(21,22)23)30(27,28)26-12-16-10-24-14-25-11-16/h6-11,14,18,26H,12-13H2,1-5H3. The van der Waals surface area contributed by atoms with Crippen molar-refractivity contribution in [2.75, 3.05) is 0 Å². The molecule has 1 N–H and O–H groups in total. The van der Waals surface area contributed by atoms with Crippen LogP contribution in [0, 0.1) is 0 Å². The Morgan fingerprint density at radius 3 is 2.26 bits per heavy atom. The maximum Gasteiger partial charge on any atom is 0.410 e. The van der Waals surface area contributed by atoms with Gasteiger partial charge in [-0.05, 0) is 29.3 Å². The molecule has 1 atom stereocenters. The number of nitrogens with zero attached hydrogens (tertiary/aromatic N) is 2. The van der Waals surface area contributed by atoms with Gasteiger partial charge in [0, 0.05) is 24.5 Å². The molecule has 0 aliphatic carbocycles. The van der Waals surface area contributed by atoms with Crippen molar-refractivity contribution >= 4 is 18.3 Å². The Hall–Kier alpha value is -1.82. The molecule has 0 aliphatic rings. The maximum atomic E-state index is 13.8. The Kier molecular flexibility index (Phi) is 7.67. The molecule has 11 heteroatoms. The summed E-state index contributed by atoms with van der Waals surface area (Å²) in [5.74, 6) is 0. The number of halogens is 3. The summed E-state index contributed by atoms with van der Waals surface area (Å²) in [7, 11) is -6.90. The molecule has 31 heavy (non-hydrogen) atoms. The zero-order valence-corrected chi connectivity index (χ0v) is 20.0. The van der Waals surface area contributed by atoms with Crippen LogP contribution >= 0.6 is 0 Å². The van der Waals surface area contributed by atoms with E-state index in [2.05, 4.69) is 30.7 Å². The van der Waals surface area contributed by atoms with E-state index in [1.165, 1.54) is 36.9 Å². The van der Waals surface area contributed by atoms with Gasteiger partial charge in [-0.1, -0.05) is 45.0 Å². The third kappa shape index (κ3) is 6.83. The van der Waals surface area contributed by atoms with Gasteiger partial charge in [-0.25, -0.2) is 23.1 Å². The lowest BCUT2D eigenvalue weighted by Crippen LogP contribution is -2.40. The summed E-state index contributed by atoms with van der Waals surface area (Å²) >= 11 is 0. The van der Waals surface area contributed by atoms with E-state index in [1.54, 1.807) is 6.07 Å². The van der Waals surface area contributed by atoms with Crippen molar-refractivity contribution in [3.8, 4) is 0 Å². The smallest absolute Gasteiger partial charge is 0.410 e. The number of sulfonamides is 1. The van der Waals surface area contributed by atoms with E-state index < -0.39 is 29.8 Å². The van der Waals surface area contributed by atoms with E-state index >= 15 is 0 Å². The normalized spacial score (nSPS) is 14.5. The van der Waals surface area contributed by atoms with Gasteiger partial charge in [0.25, 0.3) is 0 Å². The molecule has 0 saturated carbocycles. The summed E-state index contributed by atoms with van der Waals surface area (Å²) in [4.78, 5) is 7.45. The SMILES string of the molecule is CC(C)(C)[Si](C)(C)OCc1cccc(C(C(F)(F)F)S(=O)(=O)NCc2cncnc2)c1. The average Bonchev–Trinajstić information content (AvgIpc) is 2.64. The quantitative estimate of drug-likeness (QED) is 0.559. The monoisotopic (exact) mass is 475 g/mol. The van der Waals surface area contributed by atoms with Crippen LogP contribution in [0.4, 0.5) is 13.2 Å². The summed E-state index contributed by atoms with van der Waals surface area (Å²) in [5.41, 5.74) is 0.479. The van der Waals surface area contributed by atoms with E-state index in [9.17, 15) is 21.6 Å². The predicted octanol–water partition coefficient (Wildman–Crippen LogP) is 4.72. The molecular formula is C20H28F3N3O3SSi. The molecule has 0 radical (unpaired) electrons. The lowest BCUT2D eigenvalue weighted by Gasteiger charge is -2.36. The number of hydrogen-bond acceptors (Lipinski definition) is 5. The average molecular weight is 476 g/mol. The molecule has 1 heterocycles. The molecule has 0 spiro atoms. The van der Waals surface area contributed by atoms with Crippen LogP contribution in [0.2, 0.25) is 18.1 Å². The van der Waals surface area contributed by atoms with Crippen LogP contribution in [-0.2, 0) is 27.6 Å². The number of benzene rings is 1. The van der Waals surface area contributed by atoms with Crippen molar-refractivity contribution in [3.63, 3.8) is 0 Å². The van der Waals surface area contributed by atoms with Crippen molar-refractivity contribution in [2.45, 2.75) is 63.5 Å². The van der Waals surface area contributed by atoms with E-state index in [1.807, 2.05) is 17.8 Å². The second-order valence-electron chi connectivity index (χ2n) is 8.83. The Labute approximate surface area is 182 Å². The molecule has 0 saturated heterocycles. The minimum absolute atomic E-state index is 0.0620. The molecule has 0 amide bonds. The van der Waals surface area contributed by atoms with Crippen LogP contribution in [0.5, 0.6) is 0 Å². The first kappa shape index (κ1) is 25.4. The Bertz CT molecular complexity index is 978. The first-order valence-electron chi connectivity index (χ1n) is 9.65. The molecule has 0 aliphatic heterocycles. The molecule has 2 rings (SSSR count). The van der Waals surface area contributed by atoms with E-state index in [0.717, 1.165) is 0 Å². The van der Waals surface area contributed by atoms with Gasteiger partial charge in [0.2, 0.25) is 10.0 Å². The third-order valence-electron chi connectivity index (χ3n) is 5.36. The number of rotatable bonds is 8. The first-order valence-corrected chi connectivity index (χ1v) is 14.1. The highest BCUT2D eigenvalue weighted by Gasteiger charge is 2.49. The Morgan fingerprint density at radius 2 is 1.71 bits per heavy atom. The van der Waals surface area contributed by atoms with Crippen molar-refractivity contribution in [3.05, 3.63) is 59.7 Å². The highest BCUT2D eigenvalue weighted by molar-refractivity contribution is 7.89. The molecule has 0 fully saturated rings. The van der Waals surface area contributed by atoms with Gasteiger partial charge < -0.3 is 4.43 Å². The van der Waals surface area contributed by atoms with Gasteiger partial charge in [0.15, 0.2) is 13.6 Å². The van der Waals surface area contributed by atoms with Crippen molar-refractivity contribution in [2.24, 2.45) is 0 Å². The van der Waals surface area contributed by atoms with E-state index in [0.29, 0.717) is 11.1 Å². The van der Waals surface area contributed by atoms with Crippen LogP contribution in [0.15, 0.2) is 43.0 Å². The van der Waals surface area contributed by atoms with E-state index in [-0.39, 0.29) is 23.8 Å². The fourth-order valence-corrected chi connectivity index (χ4v) is 4.91. The van der Waals surface area contributed by atoms with Crippen LogP contribution < -0.4 is 4.72 Å². The number of hydrogen-bond donors (Lipinski definition) is 1. The van der Waals surface area contributed by atoms with Crippen LogP contribution in [0.25, 0.3) is 0 Å². The van der Waals surface area contributed by atoms with Gasteiger partial charge >= 0.3 is 6.18 Å². The van der Waals surface area contributed by atoms with Crippen molar-refractivity contribution < 1.29 is 26.0 Å². The molecule has 1 aromatic heterocycles. The van der Waals surface area contributed by atoms with Crippen LogP contribution in [-0.4, -0.2) is 32.9 Å². The van der Waals surface area contributed by atoms with Gasteiger partial charge in [0.05, 0.1) is 6.61 Å². The number of alkyl halides is 3. The first-order chi connectivity index (χ1) is 14.1. The summed E-state index contributed by atoms with van der Waals surface area (Å²) in [5, 5.41) is -2.77. The topological polar surface area (TPSA) is 81.2 Å². The molecule has 1 aromatic carbocycles. The predicted molar refractivity (Wildman–Crippen MR) is 115 cm³/mol. The largest absolute Gasteiger partial charge is 0.413 e. The molecule has 172 valence electrons. The third-order valence-corrected chi connectivity index (χ3v) is 11.5. The highest BCUT2D eigenvalue weighted by Crippen LogP contribution is 2.40. The van der Waals surface area contributed by atoms with Gasteiger partial charge in [-0.3, -0.25) is 0 Å². The summed E-state index contributed by atoms with van der Waals surface area (Å²) in [6, 6.07) is 5.46. The lowest BCUT2D eigenvalue weighted by atomic mass is 10.1. The zero-order chi connectivity index (χ0) is 23.5. The summed E-state index contributed by atoms with van der Waals surface area (Å²) in [6.07, 6.45) is -1.10. The summed E-state index contributed by atoms with van der Waals surface area (Å²) in [6.45, 7) is 10.0. The fraction of sp³-hybridized carbons (Fsp3) is 0.500. The van der Waals surface area contributed by atoms with Crippen LogP contribution in [0.3, 0.4) is 0 Å². The van der Waals surface area contributed by atoms with Crippen LogP contribution in [0.1, 0.15) is 42.7 Å². The second kappa shape index (κ2) is 9.35. The van der Waals surface area contributed by atoms with Gasteiger partial charge in [-0.15, -0.1) is 0 Å². The molecule has 1 unspecified atom stereocenters. The minimum atomic E-state index is -5.00. The number of nitrogens with one attached hydrogen (secondary N) is 1. The van der Waals surface area contributed by atoms with Gasteiger partial charge in [0.1, 0.15) is 6.33 Å². The Balaban J connectivity index is 2.27. The number of aromatic nitrogens is 2. The molecule has 0 bridgehead atoms. The zero-order valence-electron chi connectivity index (χ0n) is 18.2. The van der Waals surface area contributed by atoms with Gasteiger partial charge in [-0.2, -0.15) is 13.2 Å². The fourth-order valence-electron chi connectivity index (χ4n) is 2.56. The molecule has 6 nitrogen and oxygen atoms in total. The summed E-state index contributed by atoms with van der Waals surface area (Å²) < 4.78 is 74.8.